The molecule has 1 fully saturated rings. The molecule has 182 valence electrons. The van der Waals surface area contributed by atoms with Crippen LogP contribution in [0.3, 0.4) is 0 Å². The van der Waals surface area contributed by atoms with E-state index in [0.29, 0.717) is 18.0 Å². The molecule has 11 nitrogen and oxygen atoms in total. The number of hydrogen-bond acceptors (Lipinski definition) is 8. The smallest absolute Gasteiger partial charge is 0.329 e. The Balaban J connectivity index is 1.75. The number of halogens is 1. The molecule has 1 aliphatic heterocycles. The van der Waals surface area contributed by atoms with Crippen LogP contribution in [0.1, 0.15) is 19.8 Å². The number of methoxy groups -OCH3 is 2. The molecule has 3 N–H and O–H groups in total. The molecule has 2 rings (SSSR count). The normalized spacial score (nSPS) is 14.4. The van der Waals surface area contributed by atoms with Crippen LogP contribution in [0.2, 0.25) is 5.02 Å². The molecule has 1 heterocycles. The summed E-state index contributed by atoms with van der Waals surface area (Å²) in [6.45, 7) is 6.33. The standard InChI is InChI=1S/C21H30ClN5O6/c1-14(11-19(28)23-5-4-6-27-7-9-33-10-8-27)25-26-21(30)20(29)24-16-13-17(31-2)15(22)12-18(16)32-3/h12-13H,4-11H2,1-3H3,(H,23,28)(H,24,29)(H,26,30). The molecule has 0 atom stereocenters. The van der Waals surface area contributed by atoms with Gasteiger partial charge in [-0.2, -0.15) is 5.10 Å². The summed E-state index contributed by atoms with van der Waals surface area (Å²) in [4.78, 5) is 38.6. The molecule has 12 heteroatoms. The van der Waals surface area contributed by atoms with Crippen LogP contribution >= 0.6 is 11.6 Å². The summed E-state index contributed by atoms with van der Waals surface area (Å²) in [7, 11) is 2.82. The third-order valence-corrected chi connectivity index (χ3v) is 5.07. The molecule has 0 unspecified atom stereocenters. The minimum atomic E-state index is -1.00. The number of anilines is 1. The van der Waals surface area contributed by atoms with Crippen LogP contribution in [0.15, 0.2) is 17.2 Å². The van der Waals surface area contributed by atoms with E-state index in [1.807, 2.05) is 0 Å². The van der Waals surface area contributed by atoms with E-state index in [4.69, 9.17) is 25.8 Å². The van der Waals surface area contributed by atoms with Crippen molar-refractivity contribution in [3.63, 3.8) is 0 Å². The second-order valence-corrected chi connectivity index (χ2v) is 7.67. The molecule has 33 heavy (non-hydrogen) atoms. The van der Waals surface area contributed by atoms with Gasteiger partial charge in [0, 0.05) is 37.5 Å². The number of carbonyl (C=O) groups is 3. The van der Waals surface area contributed by atoms with Crippen LogP contribution in [0.25, 0.3) is 0 Å². The van der Waals surface area contributed by atoms with Gasteiger partial charge in [0.05, 0.1) is 44.6 Å². The zero-order chi connectivity index (χ0) is 24.2. The zero-order valence-electron chi connectivity index (χ0n) is 19.0. The molecule has 0 radical (unpaired) electrons. The van der Waals surface area contributed by atoms with Crippen molar-refractivity contribution in [1.29, 1.82) is 0 Å². The average Bonchev–Trinajstić information content (AvgIpc) is 2.81. The first-order chi connectivity index (χ1) is 15.8. The number of carbonyl (C=O) groups excluding carboxylic acids is 3. The van der Waals surface area contributed by atoms with E-state index in [1.165, 1.54) is 26.4 Å². The Labute approximate surface area is 197 Å². The minimum Gasteiger partial charge on any atom is -0.495 e. The Morgan fingerprint density at radius 1 is 1.12 bits per heavy atom. The van der Waals surface area contributed by atoms with Crippen LogP contribution in [0, 0.1) is 0 Å². The first kappa shape index (κ1) is 26.4. The molecule has 0 spiro atoms. The predicted molar refractivity (Wildman–Crippen MR) is 124 cm³/mol. The van der Waals surface area contributed by atoms with Gasteiger partial charge in [0.2, 0.25) is 5.91 Å². The largest absolute Gasteiger partial charge is 0.495 e. The highest BCUT2D eigenvalue weighted by atomic mass is 35.5. The molecule has 1 aromatic carbocycles. The molecule has 1 saturated heterocycles. The van der Waals surface area contributed by atoms with Gasteiger partial charge in [-0.25, -0.2) is 5.43 Å². The molecule has 0 aromatic heterocycles. The maximum absolute atomic E-state index is 12.2. The summed E-state index contributed by atoms with van der Waals surface area (Å²) >= 11 is 6.03. The lowest BCUT2D eigenvalue weighted by Gasteiger charge is -2.26. The third kappa shape index (κ3) is 8.87. The molecule has 3 amide bonds. The number of hydrogen-bond donors (Lipinski definition) is 3. The summed E-state index contributed by atoms with van der Waals surface area (Å²) in [5.41, 5.74) is 2.69. The number of nitrogens with zero attached hydrogens (tertiary/aromatic N) is 2. The number of benzene rings is 1. The molecule has 0 bridgehead atoms. The Bertz CT molecular complexity index is 873. The maximum Gasteiger partial charge on any atom is 0.329 e. The van der Waals surface area contributed by atoms with E-state index in [2.05, 4.69) is 26.1 Å². The van der Waals surface area contributed by atoms with Gasteiger partial charge >= 0.3 is 11.8 Å². The van der Waals surface area contributed by atoms with E-state index < -0.39 is 11.8 Å². The lowest BCUT2D eigenvalue weighted by atomic mass is 10.2. The molecular formula is C21H30ClN5O6. The summed E-state index contributed by atoms with van der Waals surface area (Å²) in [6.07, 6.45) is 0.833. The summed E-state index contributed by atoms with van der Waals surface area (Å²) in [5.74, 6) is -1.63. The van der Waals surface area contributed by atoms with Crippen LogP contribution < -0.4 is 25.5 Å². The fraction of sp³-hybridized carbons (Fsp3) is 0.524. The van der Waals surface area contributed by atoms with E-state index in [0.717, 1.165) is 39.3 Å². The second kappa shape index (κ2) is 13.6. The molecule has 1 aliphatic rings. The van der Waals surface area contributed by atoms with Gasteiger partial charge in [-0.05, 0) is 19.9 Å². The van der Waals surface area contributed by atoms with Crippen molar-refractivity contribution in [3.05, 3.63) is 17.2 Å². The monoisotopic (exact) mass is 483 g/mol. The summed E-state index contributed by atoms with van der Waals surface area (Å²) < 4.78 is 15.6. The van der Waals surface area contributed by atoms with Crippen molar-refractivity contribution in [3.8, 4) is 11.5 Å². The summed E-state index contributed by atoms with van der Waals surface area (Å²) in [6, 6.07) is 2.89. The van der Waals surface area contributed by atoms with Gasteiger partial charge in [-0.3, -0.25) is 19.3 Å². The van der Waals surface area contributed by atoms with Gasteiger partial charge in [-0.15, -0.1) is 0 Å². The van der Waals surface area contributed by atoms with E-state index in [9.17, 15) is 14.4 Å². The first-order valence-corrected chi connectivity index (χ1v) is 10.8. The number of rotatable bonds is 10. The van der Waals surface area contributed by atoms with E-state index in [-0.39, 0.29) is 28.8 Å². The van der Waals surface area contributed by atoms with Gasteiger partial charge in [0.15, 0.2) is 0 Å². The van der Waals surface area contributed by atoms with E-state index in [1.54, 1.807) is 6.92 Å². The second-order valence-electron chi connectivity index (χ2n) is 7.26. The van der Waals surface area contributed by atoms with Crippen molar-refractivity contribution in [2.45, 2.75) is 19.8 Å². The number of morpholine rings is 1. The highest BCUT2D eigenvalue weighted by Gasteiger charge is 2.18. The predicted octanol–water partition coefficient (Wildman–Crippen LogP) is 1.02. The third-order valence-electron chi connectivity index (χ3n) is 4.77. The summed E-state index contributed by atoms with van der Waals surface area (Å²) in [5, 5.41) is 9.34. The highest BCUT2D eigenvalue weighted by Crippen LogP contribution is 2.35. The van der Waals surface area contributed by atoms with Gasteiger partial charge in [0.1, 0.15) is 11.5 Å². The molecule has 0 aliphatic carbocycles. The number of nitrogens with one attached hydrogen (secondary N) is 3. The number of ether oxygens (including phenoxy) is 3. The van der Waals surface area contributed by atoms with E-state index >= 15 is 0 Å². The van der Waals surface area contributed by atoms with Gasteiger partial charge in [-0.1, -0.05) is 11.6 Å². The lowest BCUT2D eigenvalue weighted by Crippen LogP contribution is -2.38. The SMILES string of the molecule is COc1cc(NC(=O)C(=O)NN=C(C)CC(=O)NCCCN2CCOCC2)c(OC)cc1Cl. The first-order valence-electron chi connectivity index (χ1n) is 10.5. The van der Waals surface area contributed by atoms with Gasteiger partial charge < -0.3 is 24.8 Å². The van der Waals surface area contributed by atoms with Crippen molar-refractivity contribution in [1.82, 2.24) is 15.6 Å². The quantitative estimate of drug-likeness (QED) is 0.196. The Morgan fingerprint density at radius 2 is 1.82 bits per heavy atom. The number of amides is 3. The van der Waals surface area contributed by atoms with Crippen LogP contribution in [0.4, 0.5) is 5.69 Å². The van der Waals surface area contributed by atoms with Crippen molar-refractivity contribution >= 4 is 40.7 Å². The maximum atomic E-state index is 12.2. The van der Waals surface area contributed by atoms with Crippen LogP contribution in [-0.4, -0.2) is 81.9 Å². The van der Waals surface area contributed by atoms with Crippen molar-refractivity contribution < 1.29 is 28.6 Å². The Kier molecular flexibility index (Phi) is 10.9. The van der Waals surface area contributed by atoms with Gasteiger partial charge in [0.25, 0.3) is 0 Å². The molecule has 1 aromatic rings. The lowest BCUT2D eigenvalue weighted by molar-refractivity contribution is -0.136. The molecular weight excluding hydrogens is 454 g/mol. The van der Waals surface area contributed by atoms with Crippen molar-refractivity contribution in [2.75, 3.05) is 58.9 Å². The minimum absolute atomic E-state index is 0.00165. The van der Waals surface area contributed by atoms with Crippen LogP contribution in [0.5, 0.6) is 11.5 Å². The van der Waals surface area contributed by atoms with Crippen LogP contribution in [-0.2, 0) is 19.1 Å². The fourth-order valence-electron chi connectivity index (χ4n) is 3.02. The van der Waals surface area contributed by atoms with Crippen molar-refractivity contribution in [2.24, 2.45) is 5.10 Å². The average molecular weight is 484 g/mol. The molecule has 0 saturated carbocycles. The Morgan fingerprint density at radius 3 is 2.48 bits per heavy atom. The fourth-order valence-corrected chi connectivity index (χ4v) is 3.25. The number of hydrazone groups is 1. The topological polar surface area (TPSA) is 131 Å². The highest BCUT2D eigenvalue weighted by molar-refractivity contribution is 6.40. The Hall–Kier alpha value is -2.89. The zero-order valence-corrected chi connectivity index (χ0v) is 19.8.